The van der Waals surface area contributed by atoms with E-state index in [0.29, 0.717) is 5.69 Å². The zero-order valence-electron chi connectivity index (χ0n) is 12.0. The SMILES string of the molecule is Cc1cc(N=C([O-])c2ccccc2NS(C)(=O)=O)ccc1Br. The molecule has 0 spiro atoms. The smallest absolute Gasteiger partial charge is 0.229 e. The molecule has 0 aliphatic rings. The molecule has 0 fully saturated rings. The van der Waals surface area contributed by atoms with Gasteiger partial charge in [-0.2, -0.15) is 0 Å². The summed E-state index contributed by atoms with van der Waals surface area (Å²) in [7, 11) is -3.47. The molecule has 0 saturated heterocycles. The lowest BCUT2D eigenvalue weighted by Gasteiger charge is -2.16. The summed E-state index contributed by atoms with van der Waals surface area (Å²) in [6, 6.07) is 11.6. The Labute approximate surface area is 137 Å². The van der Waals surface area contributed by atoms with Crippen LogP contribution in [0.25, 0.3) is 0 Å². The van der Waals surface area contributed by atoms with Crippen LogP contribution in [0.2, 0.25) is 0 Å². The van der Waals surface area contributed by atoms with Crippen LogP contribution in [-0.2, 0) is 10.0 Å². The molecule has 2 aromatic rings. The molecule has 0 radical (unpaired) electrons. The summed E-state index contributed by atoms with van der Waals surface area (Å²) in [5, 5.41) is 12.3. The van der Waals surface area contributed by atoms with E-state index in [9.17, 15) is 13.5 Å². The van der Waals surface area contributed by atoms with Crippen molar-refractivity contribution in [3.05, 3.63) is 58.1 Å². The van der Waals surface area contributed by atoms with Gasteiger partial charge in [-0.05, 0) is 42.7 Å². The topological polar surface area (TPSA) is 81.6 Å². The van der Waals surface area contributed by atoms with Crippen molar-refractivity contribution in [3.8, 4) is 0 Å². The zero-order valence-corrected chi connectivity index (χ0v) is 14.4. The summed E-state index contributed by atoms with van der Waals surface area (Å²) in [5.74, 6) is -0.506. The number of nitrogens with one attached hydrogen (secondary N) is 1. The molecule has 0 heterocycles. The highest BCUT2D eigenvalue weighted by Crippen LogP contribution is 2.23. The van der Waals surface area contributed by atoms with Gasteiger partial charge in [0.25, 0.3) is 0 Å². The summed E-state index contributed by atoms with van der Waals surface area (Å²) in [6.07, 6.45) is 1.03. The Morgan fingerprint density at radius 1 is 1.23 bits per heavy atom. The van der Waals surface area contributed by atoms with E-state index in [1.807, 2.05) is 13.0 Å². The second-order valence-electron chi connectivity index (χ2n) is 4.77. The predicted octanol–water partition coefficient (Wildman–Crippen LogP) is 2.57. The van der Waals surface area contributed by atoms with Crippen LogP contribution in [0.5, 0.6) is 0 Å². The van der Waals surface area contributed by atoms with Crippen molar-refractivity contribution in [1.82, 2.24) is 0 Å². The van der Waals surface area contributed by atoms with Gasteiger partial charge in [0.1, 0.15) is 0 Å². The van der Waals surface area contributed by atoms with E-state index >= 15 is 0 Å². The Balaban J connectivity index is 2.42. The molecule has 5 nitrogen and oxygen atoms in total. The molecular weight excluding hydrogens is 368 g/mol. The fraction of sp³-hybridized carbons (Fsp3) is 0.133. The Morgan fingerprint density at radius 2 is 1.91 bits per heavy atom. The number of halogens is 1. The molecule has 0 aromatic heterocycles. The van der Waals surface area contributed by atoms with Crippen LogP contribution in [-0.4, -0.2) is 20.6 Å². The van der Waals surface area contributed by atoms with E-state index in [1.54, 1.807) is 24.3 Å². The molecule has 0 amide bonds. The molecular formula is C15H14BrN2O3S-. The Morgan fingerprint density at radius 3 is 2.55 bits per heavy atom. The van der Waals surface area contributed by atoms with Gasteiger partial charge in [-0.15, -0.1) is 0 Å². The number of anilines is 1. The summed E-state index contributed by atoms with van der Waals surface area (Å²) >= 11 is 3.38. The third kappa shape index (κ3) is 4.32. The molecule has 2 rings (SSSR count). The molecule has 7 heteroatoms. The Hall–Kier alpha value is -1.86. The van der Waals surface area contributed by atoms with Gasteiger partial charge in [0.15, 0.2) is 0 Å². The number of hydrogen-bond acceptors (Lipinski definition) is 4. The lowest BCUT2D eigenvalue weighted by molar-refractivity contribution is -0.212. The maximum atomic E-state index is 12.3. The van der Waals surface area contributed by atoms with Gasteiger partial charge < -0.3 is 5.11 Å². The van der Waals surface area contributed by atoms with E-state index in [4.69, 9.17) is 0 Å². The van der Waals surface area contributed by atoms with Crippen LogP contribution in [0.4, 0.5) is 11.4 Å². The highest BCUT2D eigenvalue weighted by atomic mass is 79.9. The Kier molecular flexibility index (Phi) is 4.87. The van der Waals surface area contributed by atoms with Crippen molar-refractivity contribution < 1.29 is 13.5 Å². The van der Waals surface area contributed by atoms with Crippen molar-refractivity contribution in [2.45, 2.75) is 6.92 Å². The highest BCUT2D eigenvalue weighted by Gasteiger charge is 2.07. The molecule has 0 bridgehead atoms. The molecule has 2 aromatic carbocycles. The third-order valence-electron chi connectivity index (χ3n) is 2.82. The fourth-order valence-corrected chi connectivity index (χ4v) is 2.66. The minimum Gasteiger partial charge on any atom is -0.858 e. The number of aliphatic imine (C=N–C) groups is 1. The van der Waals surface area contributed by atoms with Crippen LogP contribution < -0.4 is 9.83 Å². The third-order valence-corrected chi connectivity index (χ3v) is 4.31. The lowest BCUT2D eigenvalue weighted by Crippen LogP contribution is -2.21. The quantitative estimate of drug-likeness (QED) is 0.652. The molecule has 0 aliphatic carbocycles. The first-order valence-corrected chi connectivity index (χ1v) is 9.04. The average Bonchev–Trinajstić information content (AvgIpc) is 2.41. The van der Waals surface area contributed by atoms with E-state index in [0.717, 1.165) is 16.3 Å². The number of para-hydroxylation sites is 1. The number of sulfonamides is 1. The second-order valence-corrected chi connectivity index (χ2v) is 7.37. The van der Waals surface area contributed by atoms with Crippen LogP contribution in [0.1, 0.15) is 11.1 Å². The van der Waals surface area contributed by atoms with E-state index < -0.39 is 15.9 Å². The second kappa shape index (κ2) is 6.50. The molecule has 0 unspecified atom stereocenters. The first-order valence-electron chi connectivity index (χ1n) is 6.35. The molecule has 0 atom stereocenters. The van der Waals surface area contributed by atoms with Crippen molar-refractivity contribution in [3.63, 3.8) is 0 Å². The first kappa shape index (κ1) is 16.5. The van der Waals surface area contributed by atoms with Crippen LogP contribution >= 0.6 is 15.9 Å². The normalized spacial score (nSPS) is 12.2. The van der Waals surface area contributed by atoms with E-state index in [1.165, 1.54) is 12.1 Å². The first-order chi connectivity index (χ1) is 10.3. The summed E-state index contributed by atoms with van der Waals surface area (Å²) in [4.78, 5) is 4.03. The van der Waals surface area contributed by atoms with Gasteiger partial charge in [0.2, 0.25) is 10.0 Å². The minimum atomic E-state index is -3.47. The Bertz CT molecular complexity index is 832. The maximum Gasteiger partial charge on any atom is 0.229 e. The van der Waals surface area contributed by atoms with Gasteiger partial charge in [-0.1, -0.05) is 34.1 Å². The zero-order chi connectivity index (χ0) is 16.3. The van der Waals surface area contributed by atoms with Gasteiger partial charge in [0, 0.05) is 10.0 Å². The number of hydrogen-bond donors (Lipinski definition) is 1. The van der Waals surface area contributed by atoms with Crippen molar-refractivity contribution >= 4 is 43.2 Å². The highest BCUT2D eigenvalue weighted by molar-refractivity contribution is 9.10. The largest absolute Gasteiger partial charge is 0.858 e. The predicted molar refractivity (Wildman–Crippen MR) is 90.0 cm³/mol. The van der Waals surface area contributed by atoms with Gasteiger partial charge in [-0.25, -0.2) is 8.42 Å². The molecule has 1 N–H and O–H groups in total. The number of aryl methyl sites for hydroxylation is 1. The minimum absolute atomic E-state index is 0.202. The van der Waals surface area contributed by atoms with Gasteiger partial charge in [-0.3, -0.25) is 9.71 Å². The van der Waals surface area contributed by atoms with E-state index in [2.05, 4.69) is 25.6 Å². The number of rotatable bonds is 4. The number of benzene rings is 2. The number of nitrogens with zero attached hydrogens (tertiary/aromatic N) is 1. The van der Waals surface area contributed by atoms with Gasteiger partial charge >= 0.3 is 0 Å². The van der Waals surface area contributed by atoms with Crippen molar-refractivity contribution in [2.24, 2.45) is 4.99 Å². The van der Waals surface area contributed by atoms with Crippen molar-refractivity contribution in [2.75, 3.05) is 11.0 Å². The van der Waals surface area contributed by atoms with Crippen LogP contribution in [0, 0.1) is 6.92 Å². The van der Waals surface area contributed by atoms with Gasteiger partial charge in [0.05, 0.1) is 17.6 Å². The average molecular weight is 382 g/mol. The standard InChI is InChI=1S/C15H15BrN2O3S/c1-10-9-11(7-8-13(10)16)17-15(19)12-5-3-4-6-14(12)18-22(2,20)21/h3-9,18H,1-2H3,(H,17,19)/p-1. The monoisotopic (exact) mass is 381 g/mol. The van der Waals surface area contributed by atoms with Crippen LogP contribution in [0.3, 0.4) is 0 Å². The molecule has 116 valence electrons. The van der Waals surface area contributed by atoms with E-state index in [-0.39, 0.29) is 11.3 Å². The lowest BCUT2D eigenvalue weighted by atomic mass is 10.2. The summed E-state index contributed by atoms with van der Waals surface area (Å²) in [5.41, 5.74) is 1.89. The summed E-state index contributed by atoms with van der Waals surface area (Å²) < 4.78 is 26.0. The fourth-order valence-electron chi connectivity index (χ4n) is 1.83. The molecule has 22 heavy (non-hydrogen) atoms. The van der Waals surface area contributed by atoms with Crippen molar-refractivity contribution in [1.29, 1.82) is 0 Å². The molecule has 0 saturated carbocycles. The summed E-state index contributed by atoms with van der Waals surface area (Å²) in [6.45, 7) is 1.90. The van der Waals surface area contributed by atoms with Crippen LogP contribution in [0.15, 0.2) is 51.9 Å². The maximum absolute atomic E-state index is 12.3. The molecule has 0 aliphatic heterocycles.